The normalized spacial score (nSPS) is 18.0. The van der Waals surface area contributed by atoms with Gasteiger partial charge < -0.3 is 15.8 Å². The Hall–Kier alpha value is -3.55. The molecular formula is C25H28F2N6O4S. The Morgan fingerprint density at radius 1 is 1.18 bits per heavy atom. The predicted octanol–water partition coefficient (Wildman–Crippen LogP) is 2.70. The monoisotopic (exact) mass is 546 g/mol. The highest BCUT2D eigenvalue weighted by molar-refractivity contribution is 7.89. The summed E-state index contributed by atoms with van der Waals surface area (Å²) in [4.78, 5) is 14.7. The van der Waals surface area contributed by atoms with Gasteiger partial charge in [0.25, 0.3) is 5.91 Å². The molecule has 202 valence electrons. The Morgan fingerprint density at radius 2 is 1.87 bits per heavy atom. The van der Waals surface area contributed by atoms with Gasteiger partial charge in [0.2, 0.25) is 10.0 Å². The molecule has 0 spiro atoms. The zero-order chi connectivity index (χ0) is 27.4. The van der Waals surface area contributed by atoms with Crippen molar-refractivity contribution in [2.45, 2.75) is 36.8 Å². The molecule has 0 bridgehead atoms. The number of nitrogens with zero attached hydrogens (tertiary/aromatic N) is 3. The number of ether oxygens (including phenoxy) is 1. The summed E-state index contributed by atoms with van der Waals surface area (Å²) in [6.07, 6.45) is 0.0705. The quantitative estimate of drug-likeness (QED) is 0.405. The Balaban J connectivity index is 1.38. The summed E-state index contributed by atoms with van der Waals surface area (Å²) in [5.41, 5.74) is 6.91. The molecule has 0 radical (unpaired) electrons. The van der Waals surface area contributed by atoms with Crippen LogP contribution in [-0.4, -0.2) is 66.5 Å². The summed E-state index contributed by atoms with van der Waals surface area (Å²) in [5, 5.41) is 9.84. The Labute approximate surface area is 218 Å². The fourth-order valence-corrected chi connectivity index (χ4v) is 6.45. The molecule has 1 amide bonds. The zero-order valence-corrected chi connectivity index (χ0v) is 21.9. The average molecular weight is 547 g/mol. The molecule has 10 nitrogen and oxygen atoms in total. The number of sulfonamides is 1. The summed E-state index contributed by atoms with van der Waals surface area (Å²) < 4.78 is 61.2. The van der Waals surface area contributed by atoms with Crippen LogP contribution in [0.25, 0.3) is 0 Å². The molecule has 1 fully saturated rings. The number of halogens is 2. The maximum Gasteiger partial charge on any atom is 0.258 e. The van der Waals surface area contributed by atoms with Gasteiger partial charge in [-0.1, -0.05) is 13.8 Å². The highest BCUT2D eigenvalue weighted by atomic mass is 32.2. The third-order valence-corrected chi connectivity index (χ3v) is 8.53. The molecular weight excluding hydrogens is 518 g/mol. The molecule has 2 aliphatic heterocycles. The third-order valence-electron chi connectivity index (χ3n) is 6.76. The van der Waals surface area contributed by atoms with Crippen molar-refractivity contribution in [1.29, 1.82) is 0 Å². The van der Waals surface area contributed by atoms with Gasteiger partial charge >= 0.3 is 0 Å². The number of likely N-dealkylation sites (tertiary alicyclic amines) is 1. The van der Waals surface area contributed by atoms with E-state index < -0.39 is 37.9 Å². The van der Waals surface area contributed by atoms with Crippen molar-refractivity contribution in [3.8, 4) is 5.75 Å². The number of fused-ring (bicyclic) bond motifs is 1. The SMILES string of the molecule is CN1CC(Oc2ccc(C(=O)Nc3n[nH]c4c3CN(S(=O)(=O)c3cc(F)cc(F)c3)CC4(C)C)c(N)c2)C1. The number of nitrogen functional groups attached to an aromatic ring is 1. The van der Waals surface area contributed by atoms with Crippen LogP contribution in [0, 0.1) is 11.6 Å². The molecule has 2 aliphatic rings. The van der Waals surface area contributed by atoms with Gasteiger partial charge in [-0.15, -0.1) is 0 Å². The number of amides is 1. The van der Waals surface area contributed by atoms with Crippen LogP contribution in [0.15, 0.2) is 41.3 Å². The number of aromatic amines is 1. The van der Waals surface area contributed by atoms with Crippen molar-refractivity contribution in [3.63, 3.8) is 0 Å². The van der Waals surface area contributed by atoms with E-state index in [-0.39, 0.29) is 36.3 Å². The first-order valence-corrected chi connectivity index (χ1v) is 13.4. The minimum atomic E-state index is -4.26. The van der Waals surface area contributed by atoms with Crippen LogP contribution in [0.4, 0.5) is 20.3 Å². The van der Waals surface area contributed by atoms with E-state index in [1.807, 2.05) is 7.05 Å². The molecule has 5 rings (SSSR count). The minimum Gasteiger partial charge on any atom is -0.488 e. The van der Waals surface area contributed by atoms with Crippen LogP contribution in [-0.2, 0) is 22.0 Å². The first-order valence-electron chi connectivity index (χ1n) is 11.9. The Bertz CT molecular complexity index is 1500. The number of carbonyl (C=O) groups is 1. The Morgan fingerprint density at radius 3 is 2.50 bits per heavy atom. The Kier molecular flexibility index (Phi) is 6.40. The fourth-order valence-electron chi connectivity index (χ4n) is 4.84. The van der Waals surface area contributed by atoms with Crippen LogP contribution >= 0.6 is 0 Å². The summed E-state index contributed by atoms with van der Waals surface area (Å²) in [6, 6.07) is 6.97. The van der Waals surface area contributed by atoms with E-state index in [1.54, 1.807) is 32.0 Å². The van der Waals surface area contributed by atoms with E-state index in [1.165, 1.54) is 0 Å². The van der Waals surface area contributed by atoms with E-state index in [0.717, 1.165) is 29.5 Å². The fraction of sp³-hybridized carbons (Fsp3) is 0.360. The number of likely N-dealkylation sites (N-methyl/N-ethyl adjacent to an activating group) is 1. The number of hydrogen-bond acceptors (Lipinski definition) is 7. The molecule has 0 unspecified atom stereocenters. The van der Waals surface area contributed by atoms with Crippen LogP contribution in [0.1, 0.15) is 35.5 Å². The number of nitrogens with two attached hydrogens (primary N) is 1. The molecule has 3 aromatic rings. The number of nitrogens with one attached hydrogen (secondary N) is 2. The van der Waals surface area contributed by atoms with Gasteiger partial charge in [0.15, 0.2) is 5.82 Å². The summed E-state index contributed by atoms with van der Waals surface area (Å²) in [6.45, 7) is 5.10. The topological polar surface area (TPSA) is 134 Å². The number of aromatic nitrogens is 2. The number of anilines is 2. The average Bonchev–Trinajstić information content (AvgIpc) is 3.20. The standard InChI is InChI=1S/C25H28F2N6O4S/c1-25(2)13-33(38(35,36)18-7-14(26)6-15(27)8-18)12-20-22(25)30-31-23(20)29-24(34)19-5-4-16(9-21(19)28)37-17-10-32(3)11-17/h4-9,17H,10-13,28H2,1-3H3,(H2,29,30,31,34). The van der Waals surface area contributed by atoms with E-state index in [0.29, 0.717) is 23.1 Å². The molecule has 0 aliphatic carbocycles. The summed E-state index contributed by atoms with van der Waals surface area (Å²) in [7, 11) is -2.26. The number of carbonyl (C=O) groups excluding carboxylic acids is 1. The lowest BCUT2D eigenvalue weighted by molar-refractivity contribution is 0.0389. The molecule has 0 atom stereocenters. The molecule has 4 N–H and O–H groups in total. The first-order chi connectivity index (χ1) is 17.8. The molecule has 3 heterocycles. The zero-order valence-electron chi connectivity index (χ0n) is 21.1. The second-order valence-corrected chi connectivity index (χ2v) is 12.3. The lowest BCUT2D eigenvalue weighted by Crippen LogP contribution is -2.51. The van der Waals surface area contributed by atoms with Crippen molar-refractivity contribution in [3.05, 3.63) is 64.9 Å². The number of H-pyrrole nitrogens is 1. The third kappa shape index (κ3) is 4.84. The van der Waals surface area contributed by atoms with Crippen LogP contribution in [0.2, 0.25) is 0 Å². The van der Waals surface area contributed by atoms with E-state index >= 15 is 0 Å². The van der Waals surface area contributed by atoms with Gasteiger partial charge in [0.1, 0.15) is 23.5 Å². The molecule has 13 heteroatoms. The van der Waals surface area contributed by atoms with E-state index in [4.69, 9.17) is 10.5 Å². The van der Waals surface area contributed by atoms with Gasteiger partial charge in [0.05, 0.1) is 10.5 Å². The van der Waals surface area contributed by atoms with E-state index in [2.05, 4.69) is 20.4 Å². The van der Waals surface area contributed by atoms with E-state index in [9.17, 15) is 22.0 Å². The van der Waals surface area contributed by atoms with Crippen molar-refractivity contribution >= 4 is 27.4 Å². The van der Waals surface area contributed by atoms with Gasteiger partial charge in [-0.2, -0.15) is 9.40 Å². The van der Waals surface area contributed by atoms with Crippen LogP contribution in [0.5, 0.6) is 5.75 Å². The minimum absolute atomic E-state index is 0.0290. The maximum absolute atomic E-state index is 13.8. The van der Waals surface area contributed by atoms with Gasteiger partial charge in [-0.3, -0.25) is 14.8 Å². The van der Waals surface area contributed by atoms with Gasteiger partial charge in [-0.05, 0) is 31.3 Å². The van der Waals surface area contributed by atoms with Crippen LogP contribution < -0.4 is 15.8 Å². The van der Waals surface area contributed by atoms with Gasteiger partial charge in [-0.25, -0.2) is 17.2 Å². The molecule has 1 saturated heterocycles. The summed E-state index contributed by atoms with van der Waals surface area (Å²) in [5.74, 6) is -1.82. The molecule has 38 heavy (non-hydrogen) atoms. The van der Waals surface area contributed by atoms with Crippen molar-refractivity contribution in [2.24, 2.45) is 0 Å². The number of rotatable bonds is 6. The van der Waals surface area contributed by atoms with Crippen molar-refractivity contribution < 1.29 is 26.7 Å². The van der Waals surface area contributed by atoms with Gasteiger partial charge in [0, 0.05) is 60.7 Å². The molecule has 0 saturated carbocycles. The molecule has 1 aromatic heterocycles. The highest BCUT2D eigenvalue weighted by Gasteiger charge is 2.41. The maximum atomic E-state index is 13.8. The predicted molar refractivity (Wildman–Crippen MR) is 136 cm³/mol. The smallest absolute Gasteiger partial charge is 0.258 e. The lowest BCUT2D eigenvalue weighted by Gasteiger charge is -2.36. The number of hydrogen-bond donors (Lipinski definition) is 3. The van der Waals surface area contributed by atoms with Crippen LogP contribution in [0.3, 0.4) is 0 Å². The lowest BCUT2D eigenvalue weighted by atomic mass is 9.84. The van der Waals surface area contributed by atoms with Crippen molar-refractivity contribution in [2.75, 3.05) is 37.7 Å². The summed E-state index contributed by atoms with van der Waals surface area (Å²) >= 11 is 0. The van der Waals surface area contributed by atoms with Crippen molar-refractivity contribution in [1.82, 2.24) is 19.4 Å². The highest BCUT2D eigenvalue weighted by Crippen LogP contribution is 2.38. The number of benzene rings is 2. The largest absolute Gasteiger partial charge is 0.488 e. The second-order valence-electron chi connectivity index (χ2n) is 10.4. The first kappa shape index (κ1) is 26.1. The molecule has 2 aromatic carbocycles. The second kappa shape index (κ2) is 9.33.